The number of nitrogens with one attached hydrogen (secondary N) is 2. The minimum atomic E-state index is -4.51. The van der Waals surface area contributed by atoms with Crippen LogP contribution in [0.3, 0.4) is 0 Å². The van der Waals surface area contributed by atoms with Crippen LogP contribution in [0.15, 0.2) is 48.5 Å². The minimum Gasteiger partial charge on any atom is -0.484 e. The largest absolute Gasteiger partial charge is 0.484 e. The Morgan fingerprint density at radius 3 is 2.35 bits per heavy atom. The van der Waals surface area contributed by atoms with Crippen LogP contribution in [0.4, 0.5) is 23.7 Å². The maximum Gasteiger partial charge on any atom is 0.416 e. The number of halogens is 3. The molecule has 2 aromatic carbocycles. The average Bonchev–Trinajstić information content (AvgIpc) is 2.82. The summed E-state index contributed by atoms with van der Waals surface area (Å²) < 4.78 is 48.3. The molecular formula is C23H24F3N3O5. The Labute approximate surface area is 194 Å². The first-order valence-electron chi connectivity index (χ1n) is 10.5. The Kier molecular flexibility index (Phi) is 7.98. The van der Waals surface area contributed by atoms with E-state index in [1.165, 1.54) is 31.4 Å². The number of ether oxygens (including phenoxy) is 2. The lowest BCUT2D eigenvalue weighted by Crippen LogP contribution is -2.46. The zero-order chi connectivity index (χ0) is 24.7. The average molecular weight is 479 g/mol. The van der Waals surface area contributed by atoms with Gasteiger partial charge in [-0.15, -0.1) is 0 Å². The van der Waals surface area contributed by atoms with Gasteiger partial charge in [0.1, 0.15) is 5.75 Å². The highest BCUT2D eigenvalue weighted by Gasteiger charge is 2.30. The van der Waals surface area contributed by atoms with Gasteiger partial charge in [-0.2, -0.15) is 13.2 Å². The highest BCUT2D eigenvalue weighted by atomic mass is 19.4. The van der Waals surface area contributed by atoms with Crippen LogP contribution in [0.1, 0.15) is 28.8 Å². The van der Waals surface area contributed by atoms with Gasteiger partial charge in [0.25, 0.3) is 11.8 Å². The molecule has 0 saturated carbocycles. The first-order valence-corrected chi connectivity index (χ1v) is 10.5. The van der Waals surface area contributed by atoms with Gasteiger partial charge in [-0.25, -0.2) is 4.79 Å². The molecule has 0 aliphatic carbocycles. The predicted octanol–water partition coefficient (Wildman–Crippen LogP) is 3.68. The van der Waals surface area contributed by atoms with Gasteiger partial charge in [-0.1, -0.05) is 6.07 Å². The van der Waals surface area contributed by atoms with E-state index in [0.717, 1.165) is 12.1 Å². The van der Waals surface area contributed by atoms with E-state index in [1.807, 2.05) is 0 Å². The lowest BCUT2D eigenvalue weighted by molar-refractivity contribution is -0.137. The summed E-state index contributed by atoms with van der Waals surface area (Å²) in [5.41, 5.74) is -0.460. The van der Waals surface area contributed by atoms with Crippen molar-refractivity contribution in [1.82, 2.24) is 10.2 Å². The molecule has 0 radical (unpaired) electrons. The number of hydrogen-bond acceptors (Lipinski definition) is 5. The molecule has 0 aromatic heterocycles. The number of carbonyl (C=O) groups is 3. The second kappa shape index (κ2) is 10.9. The van der Waals surface area contributed by atoms with Gasteiger partial charge in [0.15, 0.2) is 6.61 Å². The van der Waals surface area contributed by atoms with E-state index >= 15 is 0 Å². The smallest absolute Gasteiger partial charge is 0.416 e. The number of nitrogens with zero attached hydrogens (tertiary/aromatic N) is 1. The van der Waals surface area contributed by atoms with Crippen molar-refractivity contribution in [3.63, 3.8) is 0 Å². The topological polar surface area (TPSA) is 97.0 Å². The molecule has 11 heteroatoms. The van der Waals surface area contributed by atoms with E-state index in [-0.39, 0.29) is 23.7 Å². The second-order valence-corrected chi connectivity index (χ2v) is 7.64. The number of alkyl halides is 3. The predicted molar refractivity (Wildman–Crippen MR) is 116 cm³/mol. The Bertz CT molecular complexity index is 1020. The summed E-state index contributed by atoms with van der Waals surface area (Å²) >= 11 is 0. The van der Waals surface area contributed by atoms with E-state index in [9.17, 15) is 27.6 Å². The Hall–Kier alpha value is -3.76. The third-order valence-corrected chi connectivity index (χ3v) is 5.22. The van der Waals surface area contributed by atoms with Crippen molar-refractivity contribution in [3.05, 3.63) is 59.7 Å². The summed E-state index contributed by atoms with van der Waals surface area (Å²) in [6, 6.07) is 10.4. The molecule has 2 N–H and O–H groups in total. The number of likely N-dealkylation sites (tertiary alicyclic amines) is 1. The third kappa shape index (κ3) is 6.87. The van der Waals surface area contributed by atoms with Crippen LogP contribution in [0.2, 0.25) is 0 Å². The van der Waals surface area contributed by atoms with Crippen LogP contribution in [-0.2, 0) is 15.7 Å². The molecule has 3 rings (SSSR count). The number of benzene rings is 2. The monoisotopic (exact) mass is 479 g/mol. The molecule has 1 saturated heterocycles. The van der Waals surface area contributed by atoms with E-state index in [0.29, 0.717) is 37.2 Å². The van der Waals surface area contributed by atoms with Gasteiger partial charge in [0.05, 0.1) is 12.7 Å². The highest BCUT2D eigenvalue weighted by molar-refractivity contribution is 5.94. The molecule has 3 amide bonds. The summed E-state index contributed by atoms with van der Waals surface area (Å²) in [5.74, 6) is -0.577. The van der Waals surface area contributed by atoms with Gasteiger partial charge >= 0.3 is 12.3 Å². The summed E-state index contributed by atoms with van der Waals surface area (Å²) in [6.07, 6.45) is -3.67. The van der Waals surface area contributed by atoms with Crippen molar-refractivity contribution < 1.29 is 37.0 Å². The van der Waals surface area contributed by atoms with Crippen molar-refractivity contribution >= 4 is 23.6 Å². The SMILES string of the molecule is COC(=O)N1CCC(NC(=O)c2ccc(OCC(=O)Nc3cccc(C(F)(F)F)c3)cc2)CC1. The van der Waals surface area contributed by atoms with Gasteiger partial charge in [0, 0.05) is 30.4 Å². The maximum atomic E-state index is 12.8. The quantitative estimate of drug-likeness (QED) is 0.659. The standard InChI is InChI=1S/C23H24F3N3O5/c1-33-22(32)29-11-9-17(10-12-29)28-21(31)15-5-7-19(8-6-15)34-14-20(30)27-18-4-2-3-16(13-18)23(24,25)26/h2-8,13,17H,9-12,14H2,1H3,(H,27,30)(H,28,31). The van der Waals surface area contributed by atoms with Crippen molar-refractivity contribution in [2.75, 3.05) is 32.1 Å². The molecule has 1 aliphatic heterocycles. The number of amides is 3. The fourth-order valence-corrected chi connectivity index (χ4v) is 3.43. The van der Waals surface area contributed by atoms with Crippen LogP contribution in [-0.4, -0.2) is 55.7 Å². The zero-order valence-corrected chi connectivity index (χ0v) is 18.4. The molecule has 8 nitrogen and oxygen atoms in total. The fourth-order valence-electron chi connectivity index (χ4n) is 3.43. The van der Waals surface area contributed by atoms with E-state index < -0.39 is 24.3 Å². The highest BCUT2D eigenvalue weighted by Crippen LogP contribution is 2.30. The molecule has 2 aromatic rings. The van der Waals surface area contributed by atoms with Crippen molar-refractivity contribution in [2.24, 2.45) is 0 Å². The first kappa shape index (κ1) is 24.9. The summed E-state index contributed by atoms with van der Waals surface area (Å²) in [6.45, 7) is 0.570. The summed E-state index contributed by atoms with van der Waals surface area (Å²) in [5, 5.41) is 5.28. The van der Waals surface area contributed by atoms with E-state index in [1.54, 1.807) is 17.0 Å². The molecule has 1 aliphatic rings. The van der Waals surface area contributed by atoms with Crippen LogP contribution in [0.5, 0.6) is 5.75 Å². The number of hydrogen-bond donors (Lipinski definition) is 2. The molecular weight excluding hydrogens is 455 g/mol. The molecule has 0 unspecified atom stereocenters. The number of anilines is 1. The van der Waals surface area contributed by atoms with E-state index in [2.05, 4.69) is 15.4 Å². The van der Waals surface area contributed by atoms with Crippen LogP contribution in [0, 0.1) is 0 Å². The Morgan fingerprint density at radius 2 is 1.74 bits per heavy atom. The molecule has 1 heterocycles. The van der Waals surface area contributed by atoms with Gasteiger partial charge in [-0.3, -0.25) is 9.59 Å². The molecule has 1 fully saturated rings. The number of rotatable bonds is 6. The summed E-state index contributed by atoms with van der Waals surface area (Å²) in [7, 11) is 1.33. The van der Waals surface area contributed by atoms with Crippen LogP contribution >= 0.6 is 0 Å². The molecule has 34 heavy (non-hydrogen) atoms. The first-order chi connectivity index (χ1) is 16.2. The molecule has 182 valence electrons. The Balaban J connectivity index is 1.45. The molecule has 0 bridgehead atoms. The van der Waals surface area contributed by atoms with Crippen LogP contribution in [0.25, 0.3) is 0 Å². The number of methoxy groups -OCH3 is 1. The van der Waals surface area contributed by atoms with Crippen molar-refractivity contribution in [2.45, 2.75) is 25.1 Å². The maximum absolute atomic E-state index is 12.8. The minimum absolute atomic E-state index is 0.00728. The van der Waals surface area contributed by atoms with Gasteiger partial charge in [0.2, 0.25) is 0 Å². The lowest BCUT2D eigenvalue weighted by atomic mass is 10.0. The number of carbonyl (C=O) groups excluding carboxylic acids is 3. The van der Waals surface area contributed by atoms with Crippen LogP contribution < -0.4 is 15.4 Å². The van der Waals surface area contributed by atoms with E-state index in [4.69, 9.17) is 4.74 Å². The fraction of sp³-hybridized carbons (Fsp3) is 0.348. The molecule has 0 atom stereocenters. The normalized spacial score (nSPS) is 14.3. The van der Waals surface area contributed by atoms with Crippen molar-refractivity contribution in [1.29, 1.82) is 0 Å². The van der Waals surface area contributed by atoms with Crippen molar-refractivity contribution in [3.8, 4) is 5.75 Å². The third-order valence-electron chi connectivity index (χ3n) is 5.22. The van der Waals surface area contributed by atoms with Gasteiger partial charge < -0.3 is 25.0 Å². The Morgan fingerprint density at radius 1 is 1.06 bits per heavy atom. The number of piperidine rings is 1. The zero-order valence-electron chi connectivity index (χ0n) is 18.4. The molecule has 0 spiro atoms. The van der Waals surface area contributed by atoms with Gasteiger partial charge in [-0.05, 0) is 55.3 Å². The second-order valence-electron chi connectivity index (χ2n) is 7.64. The lowest BCUT2D eigenvalue weighted by Gasteiger charge is -2.31. The summed E-state index contributed by atoms with van der Waals surface area (Å²) in [4.78, 5) is 37.6.